The van der Waals surface area contributed by atoms with E-state index in [0.29, 0.717) is 22.0 Å². The second-order valence-corrected chi connectivity index (χ2v) is 6.78. The summed E-state index contributed by atoms with van der Waals surface area (Å²) in [6.07, 6.45) is 0. The van der Waals surface area contributed by atoms with Crippen LogP contribution in [-0.2, 0) is 4.79 Å². The molecule has 2 aromatic rings. The number of amides is 2. The normalized spacial score (nSPS) is 11.8. The van der Waals surface area contributed by atoms with Crippen molar-refractivity contribution in [2.24, 2.45) is 5.92 Å². The number of halogens is 1. The summed E-state index contributed by atoms with van der Waals surface area (Å²) < 4.78 is 5.25. The zero-order valence-electron chi connectivity index (χ0n) is 15.3. The van der Waals surface area contributed by atoms with Gasteiger partial charge in [-0.1, -0.05) is 49.2 Å². The van der Waals surface area contributed by atoms with Crippen LogP contribution < -0.4 is 15.4 Å². The zero-order chi connectivity index (χ0) is 19.3. The van der Waals surface area contributed by atoms with Crippen LogP contribution in [0.4, 0.5) is 5.69 Å². The van der Waals surface area contributed by atoms with Crippen LogP contribution in [0.3, 0.4) is 0 Å². The van der Waals surface area contributed by atoms with Gasteiger partial charge < -0.3 is 15.4 Å². The van der Waals surface area contributed by atoms with E-state index in [0.717, 1.165) is 5.56 Å². The molecule has 0 saturated carbocycles. The van der Waals surface area contributed by atoms with Gasteiger partial charge in [-0.2, -0.15) is 0 Å². The molecule has 0 heterocycles. The fraction of sp³-hybridized carbons (Fsp3) is 0.300. The van der Waals surface area contributed by atoms with E-state index in [1.807, 2.05) is 32.9 Å². The van der Waals surface area contributed by atoms with Crippen molar-refractivity contribution < 1.29 is 14.3 Å². The first-order valence-electron chi connectivity index (χ1n) is 8.34. The Bertz CT molecular complexity index is 805. The van der Waals surface area contributed by atoms with Gasteiger partial charge in [0.25, 0.3) is 5.91 Å². The number of para-hydroxylation sites is 1. The van der Waals surface area contributed by atoms with Gasteiger partial charge >= 0.3 is 0 Å². The minimum Gasteiger partial charge on any atom is -0.493 e. The molecule has 1 atom stereocenters. The number of rotatable bonds is 6. The molecule has 2 amide bonds. The van der Waals surface area contributed by atoms with Crippen molar-refractivity contribution in [1.82, 2.24) is 5.32 Å². The zero-order valence-corrected chi connectivity index (χ0v) is 16.1. The van der Waals surface area contributed by atoms with E-state index in [9.17, 15) is 9.59 Å². The van der Waals surface area contributed by atoms with Crippen molar-refractivity contribution in [3.63, 3.8) is 0 Å². The predicted molar refractivity (Wildman–Crippen MR) is 104 cm³/mol. The average molecular weight is 375 g/mol. The Morgan fingerprint density at radius 2 is 1.81 bits per heavy atom. The smallest absolute Gasteiger partial charge is 0.251 e. The number of methoxy groups -OCH3 is 1. The number of ether oxygens (including phenoxy) is 1. The molecule has 0 aliphatic heterocycles. The fourth-order valence-electron chi connectivity index (χ4n) is 2.57. The van der Waals surface area contributed by atoms with Crippen molar-refractivity contribution in [1.29, 1.82) is 0 Å². The van der Waals surface area contributed by atoms with E-state index in [1.165, 1.54) is 7.11 Å². The first kappa shape index (κ1) is 19.8. The maximum absolute atomic E-state index is 12.7. The summed E-state index contributed by atoms with van der Waals surface area (Å²) in [5.74, 6) is -0.342. The minimum absolute atomic E-state index is 0.103. The monoisotopic (exact) mass is 374 g/mol. The Kier molecular flexibility index (Phi) is 6.64. The number of carbonyl (C=O) groups excluding carboxylic acids is 2. The molecule has 0 radical (unpaired) electrons. The lowest BCUT2D eigenvalue weighted by molar-refractivity contribution is -0.118. The van der Waals surface area contributed by atoms with Crippen LogP contribution >= 0.6 is 11.6 Å². The van der Waals surface area contributed by atoms with E-state index in [4.69, 9.17) is 16.3 Å². The molecule has 138 valence electrons. The average Bonchev–Trinajstić information content (AvgIpc) is 2.59. The molecule has 26 heavy (non-hydrogen) atoms. The minimum atomic E-state index is -0.702. The van der Waals surface area contributed by atoms with Gasteiger partial charge in [0.05, 0.1) is 17.8 Å². The molecule has 0 fully saturated rings. The van der Waals surface area contributed by atoms with Crippen LogP contribution in [0.5, 0.6) is 5.75 Å². The molecule has 2 aromatic carbocycles. The molecular weight excluding hydrogens is 352 g/mol. The van der Waals surface area contributed by atoms with Crippen LogP contribution in [0.15, 0.2) is 42.5 Å². The summed E-state index contributed by atoms with van der Waals surface area (Å²) in [5, 5.41) is 5.99. The highest BCUT2D eigenvalue weighted by atomic mass is 35.5. The maximum Gasteiger partial charge on any atom is 0.251 e. The number of anilines is 1. The first-order valence-corrected chi connectivity index (χ1v) is 8.72. The summed E-state index contributed by atoms with van der Waals surface area (Å²) in [6.45, 7) is 5.65. The highest BCUT2D eigenvalue weighted by Crippen LogP contribution is 2.32. The molecule has 0 aliphatic carbocycles. The van der Waals surface area contributed by atoms with Gasteiger partial charge in [0.2, 0.25) is 5.91 Å². The van der Waals surface area contributed by atoms with Gasteiger partial charge in [0.15, 0.2) is 5.75 Å². The molecule has 0 bridgehead atoms. The van der Waals surface area contributed by atoms with E-state index < -0.39 is 6.04 Å². The topological polar surface area (TPSA) is 67.4 Å². The molecular formula is C20H23ClN2O3. The number of nitrogens with one attached hydrogen (secondary N) is 2. The van der Waals surface area contributed by atoms with E-state index >= 15 is 0 Å². The Balaban J connectivity index is 2.18. The van der Waals surface area contributed by atoms with E-state index in [-0.39, 0.29) is 17.7 Å². The summed E-state index contributed by atoms with van der Waals surface area (Å²) in [7, 11) is 1.48. The lowest BCUT2D eigenvalue weighted by atomic mass is 10.0. The van der Waals surface area contributed by atoms with Gasteiger partial charge in [-0.25, -0.2) is 0 Å². The van der Waals surface area contributed by atoms with Crippen LogP contribution in [0.2, 0.25) is 5.02 Å². The highest BCUT2D eigenvalue weighted by Gasteiger charge is 2.25. The third-order valence-electron chi connectivity index (χ3n) is 3.94. The number of aryl methyl sites for hydroxylation is 1. The van der Waals surface area contributed by atoms with E-state index in [1.54, 1.807) is 30.3 Å². The number of hydrogen-bond acceptors (Lipinski definition) is 3. The summed E-state index contributed by atoms with van der Waals surface area (Å²) >= 11 is 6.09. The number of carbonyl (C=O) groups is 2. The second kappa shape index (κ2) is 8.72. The largest absolute Gasteiger partial charge is 0.493 e. The van der Waals surface area contributed by atoms with Crippen LogP contribution in [0, 0.1) is 12.8 Å². The molecule has 5 nitrogen and oxygen atoms in total. The van der Waals surface area contributed by atoms with Gasteiger partial charge in [-0.3, -0.25) is 9.59 Å². The molecule has 1 unspecified atom stereocenters. The highest BCUT2D eigenvalue weighted by molar-refractivity contribution is 6.32. The van der Waals surface area contributed by atoms with Crippen LogP contribution in [0.1, 0.15) is 29.8 Å². The number of hydrogen-bond donors (Lipinski definition) is 2. The third kappa shape index (κ3) is 4.76. The van der Waals surface area contributed by atoms with Crippen molar-refractivity contribution in [3.05, 3.63) is 58.6 Å². The van der Waals surface area contributed by atoms with E-state index in [2.05, 4.69) is 10.6 Å². The fourth-order valence-corrected chi connectivity index (χ4v) is 2.82. The lowest BCUT2D eigenvalue weighted by Crippen LogP contribution is -2.47. The molecule has 0 aliphatic rings. The van der Waals surface area contributed by atoms with Crippen LogP contribution in [0.25, 0.3) is 0 Å². The quantitative estimate of drug-likeness (QED) is 0.801. The lowest BCUT2D eigenvalue weighted by Gasteiger charge is -2.22. The van der Waals surface area contributed by atoms with Crippen molar-refractivity contribution in [2.45, 2.75) is 26.8 Å². The standard InChI is InChI=1S/C20H23ClN2O3/c1-12(2)17(23-19(24)14-8-5-7-13(3)11-14)20(25)22-16-10-6-9-15(21)18(16)26-4/h5-12,17H,1-4H3,(H,22,25)(H,23,24). The molecule has 2 rings (SSSR count). The van der Waals surface area contributed by atoms with Gasteiger partial charge in [0.1, 0.15) is 6.04 Å². The van der Waals surface area contributed by atoms with Crippen molar-refractivity contribution in [2.75, 3.05) is 12.4 Å². The Hall–Kier alpha value is -2.53. The Labute approximate surface area is 158 Å². The van der Waals surface area contributed by atoms with Crippen LogP contribution in [-0.4, -0.2) is 25.0 Å². The molecule has 2 N–H and O–H groups in total. The summed E-state index contributed by atoms with van der Waals surface area (Å²) in [5.41, 5.74) is 1.95. The third-order valence-corrected chi connectivity index (χ3v) is 4.24. The summed E-state index contributed by atoms with van der Waals surface area (Å²) in [4.78, 5) is 25.3. The molecule has 0 spiro atoms. The van der Waals surface area contributed by atoms with Crippen molar-refractivity contribution in [3.8, 4) is 5.75 Å². The molecule has 6 heteroatoms. The predicted octanol–water partition coefficient (Wildman–Crippen LogP) is 4.05. The number of benzene rings is 2. The first-order chi connectivity index (χ1) is 12.3. The Morgan fingerprint density at radius 1 is 1.12 bits per heavy atom. The summed E-state index contributed by atoms with van der Waals surface area (Å²) in [6, 6.07) is 11.6. The molecule has 0 saturated heterocycles. The van der Waals surface area contributed by atoms with Gasteiger partial charge in [-0.05, 0) is 37.1 Å². The maximum atomic E-state index is 12.7. The SMILES string of the molecule is COc1c(Cl)cccc1NC(=O)C(NC(=O)c1cccc(C)c1)C(C)C. The Morgan fingerprint density at radius 3 is 2.42 bits per heavy atom. The van der Waals surface area contributed by atoms with Gasteiger partial charge in [-0.15, -0.1) is 0 Å². The van der Waals surface area contributed by atoms with Gasteiger partial charge in [0, 0.05) is 5.56 Å². The second-order valence-electron chi connectivity index (χ2n) is 6.37. The molecule has 0 aromatic heterocycles. The van der Waals surface area contributed by atoms with Crippen molar-refractivity contribution >= 4 is 29.1 Å².